The lowest BCUT2D eigenvalue weighted by molar-refractivity contribution is -0.137. The van der Waals surface area contributed by atoms with Gasteiger partial charge >= 0.3 is 6.18 Å². The summed E-state index contributed by atoms with van der Waals surface area (Å²) in [5, 5.41) is 0.0850. The number of hydrogen-bond donors (Lipinski definition) is 0. The van der Waals surface area contributed by atoms with Gasteiger partial charge in [-0.1, -0.05) is 12.1 Å². The Balaban J connectivity index is 1.90. The van der Waals surface area contributed by atoms with Crippen molar-refractivity contribution in [2.24, 2.45) is 7.05 Å². The predicted octanol–water partition coefficient (Wildman–Crippen LogP) is 3.13. The molecule has 142 valence electrons. The summed E-state index contributed by atoms with van der Waals surface area (Å²) in [6.07, 6.45) is -3.12. The number of rotatable bonds is 3. The van der Waals surface area contributed by atoms with Crippen LogP contribution < -0.4 is 5.56 Å². The number of carbonyl (C=O) groups excluding carboxylic acids is 1. The Morgan fingerprint density at radius 1 is 1.26 bits per heavy atom. The molecule has 0 radical (unpaired) electrons. The van der Waals surface area contributed by atoms with Crippen LogP contribution in [0.5, 0.6) is 0 Å². The molecular weight excluding hydrogens is 363 g/mol. The molecule has 0 N–H and O–H groups in total. The average Bonchev–Trinajstić information content (AvgIpc) is 2.94. The fourth-order valence-corrected chi connectivity index (χ4v) is 2.78. The third-order valence-corrected chi connectivity index (χ3v) is 4.21. The SMILES string of the molecule is Cc1oc2ncn(C)c(=O)c2c1C(=O)N(C)Cc1ccc(C(F)(F)F)cc1. The van der Waals surface area contributed by atoms with E-state index in [9.17, 15) is 22.8 Å². The standard InChI is InChI=1S/C18H16F3N3O3/c1-10-13(14-15(27-10)22-9-24(3)17(14)26)16(25)23(2)8-11-4-6-12(7-5-11)18(19,20)21/h4-7,9H,8H2,1-3H3. The first-order valence-electron chi connectivity index (χ1n) is 7.96. The van der Waals surface area contributed by atoms with Crippen LogP contribution in [0.15, 0.2) is 39.8 Å². The van der Waals surface area contributed by atoms with E-state index in [4.69, 9.17) is 4.42 Å². The number of benzene rings is 1. The third-order valence-electron chi connectivity index (χ3n) is 4.21. The lowest BCUT2D eigenvalue weighted by Crippen LogP contribution is -2.28. The van der Waals surface area contributed by atoms with Gasteiger partial charge in [-0.3, -0.25) is 9.59 Å². The van der Waals surface area contributed by atoms with E-state index in [0.717, 1.165) is 12.1 Å². The van der Waals surface area contributed by atoms with E-state index in [2.05, 4.69) is 4.98 Å². The minimum absolute atomic E-state index is 0.0712. The molecule has 0 aliphatic carbocycles. The minimum atomic E-state index is -4.42. The summed E-state index contributed by atoms with van der Waals surface area (Å²) in [6.45, 7) is 1.63. The average molecular weight is 379 g/mol. The van der Waals surface area contributed by atoms with Gasteiger partial charge in [0.1, 0.15) is 17.5 Å². The summed E-state index contributed by atoms with van der Waals surface area (Å²) >= 11 is 0. The van der Waals surface area contributed by atoms with Crippen molar-refractivity contribution in [1.82, 2.24) is 14.5 Å². The predicted molar refractivity (Wildman–Crippen MR) is 91.2 cm³/mol. The van der Waals surface area contributed by atoms with Gasteiger partial charge in [0.05, 0.1) is 11.1 Å². The first-order chi connectivity index (χ1) is 12.6. The van der Waals surface area contributed by atoms with Crippen molar-refractivity contribution in [3.63, 3.8) is 0 Å². The van der Waals surface area contributed by atoms with Crippen LogP contribution in [0.3, 0.4) is 0 Å². The van der Waals surface area contributed by atoms with Gasteiger partial charge in [0.25, 0.3) is 11.5 Å². The highest BCUT2D eigenvalue weighted by Crippen LogP contribution is 2.29. The number of nitrogens with zero attached hydrogens (tertiary/aromatic N) is 3. The fraction of sp³-hybridized carbons (Fsp3) is 0.278. The van der Waals surface area contributed by atoms with Gasteiger partial charge in [0.15, 0.2) is 0 Å². The van der Waals surface area contributed by atoms with E-state index in [-0.39, 0.29) is 29.0 Å². The van der Waals surface area contributed by atoms with Crippen LogP contribution in [0, 0.1) is 6.92 Å². The Kier molecular flexibility index (Phi) is 4.54. The normalized spacial score (nSPS) is 11.8. The first-order valence-corrected chi connectivity index (χ1v) is 7.96. The summed E-state index contributed by atoms with van der Waals surface area (Å²) in [6, 6.07) is 4.55. The number of alkyl halides is 3. The van der Waals surface area contributed by atoms with E-state index >= 15 is 0 Å². The van der Waals surface area contributed by atoms with Gasteiger partial charge in [-0.25, -0.2) is 4.98 Å². The minimum Gasteiger partial charge on any atom is -0.442 e. The van der Waals surface area contributed by atoms with Gasteiger partial charge in [-0.05, 0) is 24.6 Å². The van der Waals surface area contributed by atoms with Crippen LogP contribution in [0.4, 0.5) is 13.2 Å². The molecular formula is C18H16F3N3O3. The Bertz CT molecular complexity index is 1070. The highest BCUT2D eigenvalue weighted by atomic mass is 19.4. The summed E-state index contributed by atoms with van der Waals surface area (Å²) in [4.78, 5) is 30.5. The van der Waals surface area contributed by atoms with Crippen LogP contribution >= 0.6 is 0 Å². The smallest absolute Gasteiger partial charge is 0.416 e. The number of carbonyl (C=O) groups is 1. The molecule has 0 saturated heterocycles. The molecule has 0 spiro atoms. The molecule has 0 bridgehead atoms. The second-order valence-corrected chi connectivity index (χ2v) is 6.23. The largest absolute Gasteiger partial charge is 0.442 e. The van der Waals surface area contributed by atoms with Crippen LogP contribution in [0.25, 0.3) is 11.1 Å². The molecule has 0 fully saturated rings. The Hall–Kier alpha value is -3.10. The topological polar surface area (TPSA) is 68.3 Å². The van der Waals surface area contributed by atoms with E-state index in [1.54, 1.807) is 6.92 Å². The molecule has 0 saturated carbocycles. The zero-order valence-electron chi connectivity index (χ0n) is 14.8. The number of furan rings is 1. The van der Waals surface area contributed by atoms with Crippen molar-refractivity contribution < 1.29 is 22.4 Å². The number of aromatic nitrogens is 2. The second kappa shape index (κ2) is 6.57. The zero-order valence-corrected chi connectivity index (χ0v) is 14.8. The molecule has 2 heterocycles. The van der Waals surface area contributed by atoms with Crippen molar-refractivity contribution in [3.05, 3.63) is 63.4 Å². The highest BCUT2D eigenvalue weighted by molar-refractivity contribution is 6.06. The third kappa shape index (κ3) is 3.44. The van der Waals surface area contributed by atoms with E-state index < -0.39 is 23.2 Å². The fourth-order valence-electron chi connectivity index (χ4n) is 2.78. The molecule has 3 rings (SSSR count). The second-order valence-electron chi connectivity index (χ2n) is 6.23. The van der Waals surface area contributed by atoms with E-state index in [1.165, 1.54) is 42.0 Å². The van der Waals surface area contributed by atoms with Gasteiger partial charge in [-0.2, -0.15) is 13.2 Å². The van der Waals surface area contributed by atoms with Crippen LogP contribution in [0.1, 0.15) is 27.2 Å². The molecule has 1 amide bonds. The number of amides is 1. The molecule has 2 aromatic heterocycles. The molecule has 0 unspecified atom stereocenters. The number of hydrogen-bond acceptors (Lipinski definition) is 4. The van der Waals surface area contributed by atoms with Crippen LogP contribution in [-0.2, 0) is 19.8 Å². The van der Waals surface area contributed by atoms with Gasteiger partial charge in [0, 0.05) is 20.6 Å². The van der Waals surface area contributed by atoms with Gasteiger partial charge in [-0.15, -0.1) is 0 Å². The maximum Gasteiger partial charge on any atom is 0.416 e. The monoisotopic (exact) mass is 379 g/mol. The Morgan fingerprint density at radius 2 is 1.89 bits per heavy atom. The van der Waals surface area contributed by atoms with E-state index in [1.807, 2.05) is 0 Å². The Labute approximate surface area is 151 Å². The van der Waals surface area contributed by atoms with E-state index in [0.29, 0.717) is 5.56 Å². The molecule has 27 heavy (non-hydrogen) atoms. The van der Waals surface area contributed by atoms with Crippen molar-refractivity contribution in [2.45, 2.75) is 19.6 Å². The summed E-state index contributed by atoms with van der Waals surface area (Å²) < 4.78 is 44.6. The quantitative estimate of drug-likeness (QED) is 0.701. The van der Waals surface area contributed by atoms with Gasteiger partial charge < -0.3 is 13.9 Å². The van der Waals surface area contributed by atoms with Crippen LogP contribution in [0.2, 0.25) is 0 Å². The highest BCUT2D eigenvalue weighted by Gasteiger charge is 2.30. The number of aryl methyl sites for hydroxylation is 2. The number of halogens is 3. The van der Waals surface area contributed by atoms with Crippen molar-refractivity contribution in [2.75, 3.05) is 7.05 Å². The maximum absolute atomic E-state index is 12.8. The lowest BCUT2D eigenvalue weighted by Gasteiger charge is -2.17. The van der Waals surface area contributed by atoms with Gasteiger partial charge in [0.2, 0.25) is 5.71 Å². The lowest BCUT2D eigenvalue weighted by atomic mass is 10.1. The summed E-state index contributed by atoms with van der Waals surface area (Å²) in [7, 11) is 3.01. The first kappa shape index (κ1) is 18.7. The number of fused-ring (bicyclic) bond motifs is 1. The molecule has 0 atom stereocenters. The van der Waals surface area contributed by atoms with Crippen molar-refractivity contribution in [3.8, 4) is 0 Å². The zero-order chi connectivity index (χ0) is 19.9. The summed E-state index contributed by atoms with van der Waals surface area (Å²) in [5.41, 5.74) is -0.472. The molecule has 3 aromatic rings. The molecule has 9 heteroatoms. The Morgan fingerprint density at radius 3 is 2.48 bits per heavy atom. The maximum atomic E-state index is 12.8. The van der Waals surface area contributed by atoms with Crippen LogP contribution in [-0.4, -0.2) is 27.4 Å². The molecule has 0 aliphatic heterocycles. The molecule has 6 nitrogen and oxygen atoms in total. The van der Waals surface area contributed by atoms with Crippen molar-refractivity contribution >= 4 is 17.0 Å². The molecule has 1 aromatic carbocycles. The van der Waals surface area contributed by atoms with Crippen molar-refractivity contribution in [1.29, 1.82) is 0 Å². The molecule has 0 aliphatic rings. The summed E-state index contributed by atoms with van der Waals surface area (Å²) in [5.74, 6) is -0.221.